The predicted octanol–water partition coefficient (Wildman–Crippen LogP) is 0.259. The van der Waals surface area contributed by atoms with Crippen molar-refractivity contribution in [2.45, 2.75) is 13.8 Å². The summed E-state index contributed by atoms with van der Waals surface area (Å²) in [5.41, 5.74) is 0. The quantitative estimate of drug-likeness (QED) is 0.675. The van der Waals surface area contributed by atoms with Gasteiger partial charge in [0.1, 0.15) is 0 Å². The number of carbonyl (C=O) groups is 1. The number of hydrogen-bond donors (Lipinski definition) is 1. The first-order valence-corrected chi connectivity index (χ1v) is 7.26. The fraction of sp³-hybridized carbons (Fsp3) is 0.889. The molecule has 1 amide bonds. The number of likely N-dealkylation sites (N-methyl/N-ethyl adjacent to an activating group) is 2. The molecule has 0 aromatic heterocycles. The second kappa shape index (κ2) is 7.09. The summed E-state index contributed by atoms with van der Waals surface area (Å²) in [6.07, 6.45) is 0. The van der Waals surface area contributed by atoms with E-state index in [9.17, 15) is 13.2 Å². The zero-order valence-electron chi connectivity index (χ0n) is 9.86. The van der Waals surface area contributed by atoms with Gasteiger partial charge in [-0.05, 0) is 5.92 Å². The van der Waals surface area contributed by atoms with E-state index in [0.29, 0.717) is 0 Å². The Morgan fingerprint density at radius 2 is 2.06 bits per heavy atom. The maximum atomic E-state index is 11.9. The molecule has 0 aromatic carbocycles. The molecule has 0 radical (unpaired) electrons. The first-order chi connectivity index (χ1) is 7.37. The monoisotopic (exact) mass is 270 g/mol. The van der Waals surface area contributed by atoms with Gasteiger partial charge in [0.05, 0.1) is 12.3 Å². The maximum absolute atomic E-state index is 11.9. The number of hydrogen-bond acceptors (Lipinski definition) is 3. The van der Waals surface area contributed by atoms with Crippen molar-refractivity contribution in [1.82, 2.24) is 9.62 Å². The van der Waals surface area contributed by atoms with Crippen molar-refractivity contribution in [3.05, 3.63) is 0 Å². The highest BCUT2D eigenvalue weighted by Crippen LogP contribution is 2.08. The number of amides is 1. The molecule has 7 heteroatoms. The van der Waals surface area contributed by atoms with E-state index >= 15 is 0 Å². The fourth-order valence-electron chi connectivity index (χ4n) is 1.16. The van der Waals surface area contributed by atoms with E-state index in [1.54, 1.807) is 13.8 Å². The van der Waals surface area contributed by atoms with Gasteiger partial charge in [0.25, 0.3) is 0 Å². The summed E-state index contributed by atoms with van der Waals surface area (Å²) in [7, 11) is -1.92. The molecule has 1 atom stereocenters. The minimum atomic E-state index is -3.40. The minimum absolute atomic E-state index is 0.0265. The van der Waals surface area contributed by atoms with Crippen LogP contribution in [0.4, 0.5) is 0 Å². The second-order valence-corrected chi connectivity index (χ2v) is 5.96. The molecule has 0 heterocycles. The second-order valence-electron chi connectivity index (χ2n) is 3.64. The van der Waals surface area contributed by atoms with E-state index in [1.165, 1.54) is 7.05 Å². The third-order valence-electron chi connectivity index (χ3n) is 2.10. The number of halogens is 1. The van der Waals surface area contributed by atoms with E-state index in [2.05, 4.69) is 5.32 Å². The van der Waals surface area contributed by atoms with E-state index in [0.717, 1.165) is 4.31 Å². The number of nitrogens with one attached hydrogen (secondary N) is 1. The van der Waals surface area contributed by atoms with Crippen molar-refractivity contribution in [2.24, 2.45) is 5.92 Å². The molecule has 0 aliphatic rings. The maximum Gasteiger partial charge on any atom is 0.235 e. The minimum Gasteiger partial charge on any atom is -0.358 e. The molecule has 5 nitrogen and oxygen atoms in total. The average molecular weight is 271 g/mol. The lowest BCUT2D eigenvalue weighted by Crippen LogP contribution is -2.41. The predicted molar refractivity (Wildman–Crippen MR) is 65.0 cm³/mol. The molecular weight excluding hydrogens is 252 g/mol. The average Bonchev–Trinajstić information content (AvgIpc) is 2.24. The lowest BCUT2D eigenvalue weighted by molar-refractivity contribution is -0.120. The van der Waals surface area contributed by atoms with Gasteiger partial charge >= 0.3 is 0 Å². The normalized spacial score (nSPS) is 13.8. The van der Waals surface area contributed by atoms with Gasteiger partial charge in [0.2, 0.25) is 15.9 Å². The first-order valence-electron chi connectivity index (χ1n) is 5.11. The molecule has 0 rings (SSSR count). The Kier molecular flexibility index (Phi) is 6.94. The molecular formula is C9H19ClN2O3S. The van der Waals surface area contributed by atoms with Crippen LogP contribution in [0.25, 0.3) is 0 Å². The van der Waals surface area contributed by atoms with Crippen molar-refractivity contribution in [3.63, 3.8) is 0 Å². The highest BCUT2D eigenvalue weighted by Gasteiger charge is 2.24. The van der Waals surface area contributed by atoms with Gasteiger partial charge in [-0.3, -0.25) is 4.79 Å². The molecule has 0 spiro atoms. The molecule has 0 aliphatic heterocycles. The molecule has 1 N–H and O–H groups in total. The van der Waals surface area contributed by atoms with Crippen LogP contribution in [0, 0.1) is 5.92 Å². The van der Waals surface area contributed by atoms with Crippen LogP contribution < -0.4 is 5.32 Å². The van der Waals surface area contributed by atoms with Crippen LogP contribution in [-0.2, 0) is 14.8 Å². The molecule has 0 aromatic rings. The Labute approximate surface area is 102 Å². The van der Waals surface area contributed by atoms with E-state index in [4.69, 9.17) is 11.6 Å². The van der Waals surface area contributed by atoms with Gasteiger partial charge in [-0.2, -0.15) is 4.31 Å². The molecule has 0 fully saturated rings. The summed E-state index contributed by atoms with van der Waals surface area (Å²) in [5, 5.41) is 2.40. The first kappa shape index (κ1) is 15.7. The molecule has 96 valence electrons. The lowest BCUT2D eigenvalue weighted by atomic mass is 10.3. The number of sulfonamides is 1. The van der Waals surface area contributed by atoms with Crippen LogP contribution in [0.1, 0.15) is 13.8 Å². The van der Waals surface area contributed by atoms with E-state index in [-0.39, 0.29) is 36.5 Å². The molecule has 1 unspecified atom stereocenters. The standard InChI is InChI=1S/C9H19ClN2O3S/c1-4-12(6-9(13)11-3)16(14,15)7-8(2)5-10/h8H,4-7H2,1-3H3,(H,11,13). The van der Waals surface area contributed by atoms with E-state index < -0.39 is 10.0 Å². The van der Waals surface area contributed by atoms with Gasteiger partial charge in [-0.25, -0.2) is 8.42 Å². The topological polar surface area (TPSA) is 66.5 Å². The Hall–Kier alpha value is -0.330. The van der Waals surface area contributed by atoms with Crippen LogP contribution in [0.5, 0.6) is 0 Å². The third kappa shape index (κ3) is 5.14. The highest BCUT2D eigenvalue weighted by molar-refractivity contribution is 7.89. The summed E-state index contributed by atoms with van der Waals surface area (Å²) in [6, 6.07) is 0. The van der Waals surface area contributed by atoms with Crippen molar-refractivity contribution in [2.75, 3.05) is 31.8 Å². The van der Waals surface area contributed by atoms with Gasteiger partial charge < -0.3 is 5.32 Å². The smallest absolute Gasteiger partial charge is 0.235 e. The fourth-order valence-corrected chi connectivity index (χ4v) is 3.15. The zero-order valence-corrected chi connectivity index (χ0v) is 11.4. The van der Waals surface area contributed by atoms with Crippen LogP contribution in [0.3, 0.4) is 0 Å². The van der Waals surface area contributed by atoms with E-state index in [1.807, 2.05) is 0 Å². The van der Waals surface area contributed by atoms with Crippen molar-refractivity contribution >= 4 is 27.5 Å². The molecule has 0 aliphatic carbocycles. The number of carbonyl (C=O) groups excluding carboxylic acids is 1. The van der Waals surface area contributed by atoms with Crippen LogP contribution in [-0.4, -0.2) is 50.4 Å². The summed E-state index contributed by atoms with van der Waals surface area (Å²) < 4.78 is 24.9. The number of rotatable bonds is 7. The lowest BCUT2D eigenvalue weighted by Gasteiger charge is -2.21. The van der Waals surface area contributed by atoms with Gasteiger partial charge in [0.15, 0.2) is 0 Å². The molecule has 0 saturated heterocycles. The summed E-state index contributed by atoms with van der Waals surface area (Å²) in [6.45, 7) is 3.61. The summed E-state index contributed by atoms with van der Waals surface area (Å²) in [4.78, 5) is 11.1. The van der Waals surface area contributed by atoms with Crippen LogP contribution in [0.15, 0.2) is 0 Å². The Morgan fingerprint density at radius 3 is 2.44 bits per heavy atom. The third-order valence-corrected chi connectivity index (χ3v) is 4.79. The Bertz CT molecular complexity index is 319. The largest absolute Gasteiger partial charge is 0.358 e. The van der Waals surface area contributed by atoms with Gasteiger partial charge in [-0.15, -0.1) is 11.6 Å². The van der Waals surface area contributed by atoms with Crippen molar-refractivity contribution < 1.29 is 13.2 Å². The number of alkyl halides is 1. The molecule has 0 bridgehead atoms. The SMILES string of the molecule is CCN(CC(=O)NC)S(=O)(=O)CC(C)CCl. The van der Waals surface area contributed by atoms with Crippen LogP contribution in [0.2, 0.25) is 0 Å². The number of nitrogens with zero attached hydrogens (tertiary/aromatic N) is 1. The summed E-state index contributed by atoms with van der Waals surface area (Å²) >= 11 is 5.58. The van der Waals surface area contributed by atoms with Gasteiger partial charge in [0, 0.05) is 19.5 Å². The zero-order chi connectivity index (χ0) is 12.8. The molecule has 16 heavy (non-hydrogen) atoms. The van der Waals surface area contributed by atoms with Crippen molar-refractivity contribution in [3.8, 4) is 0 Å². The Balaban J connectivity index is 4.61. The summed E-state index contributed by atoms with van der Waals surface area (Å²) in [5.74, 6) is -0.174. The van der Waals surface area contributed by atoms with Crippen molar-refractivity contribution in [1.29, 1.82) is 0 Å². The van der Waals surface area contributed by atoms with Crippen LogP contribution >= 0.6 is 11.6 Å². The van der Waals surface area contributed by atoms with Gasteiger partial charge in [-0.1, -0.05) is 13.8 Å². The molecule has 0 saturated carbocycles. The highest BCUT2D eigenvalue weighted by atomic mass is 35.5. The Morgan fingerprint density at radius 1 is 1.50 bits per heavy atom.